The first-order valence-corrected chi connectivity index (χ1v) is 19.6. The van der Waals surface area contributed by atoms with Crippen LogP contribution in [-0.4, -0.2) is 11.3 Å². The van der Waals surface area contributed by atoms with Crippen LogP contribution in [0.4, 0.5) is 0 Å². The van der Waals surface area contributed by atoms with Crippen LogP contribution in [0.2, 0.25) is 19.6 Å². The number of fused-ring (bicyclic) bond motifs is 5. The molecular weight excluding hydrogens is 576 g/mol. The second kappa shape index (κ2) is 10.9. The van der Waals surface area contributed by atoms with E-state index < -0.39 is 8.07 Å². The predicted octanol–water partition coefficient (Wildman–Crippen LogP) is 10.4. The van der Waals surface area contributed by atoms with Crippen molar-refractivity contribution in [2.24, 2.45) is 5.92 Å². The molecule has 208 valence electrons. The molecule has 0 aliphatic heterocycles. The monoisotopic (exact) mass is 622 g/mol. The van der Waals surface area contributed by atoms with E-state index in [4.69, 9.17) is 0 Å². The zero-order chi connectivity index (χ0) is 29.9. The summed E-state index contributed by atoms with van der Waals surface area (Å²) in [5.41, 5.74) is 15.9. The van der Waals surface area contributed by atoms with Gasteiger partial charge >= 0.3 is 41.3 Å². The molecule has 40 heavy (non-hydrogen) atoms. The summed E-state index contributed by atoms with van der Waals surface area (Å²) in [6.45, 7) is 29.5. The first-order chi connectivity index (χ1) is 18.3. The fourth-order valence-electron chi connectivity index (χ4n) is 6.92. The van der Waals surface area contributed by atoms with E-state index in [9.17, 15) is 0 Å². The van der Waals surface area contributed by atoms with E-state index in [1.807, 2.05) is 0 Å². The van der Waals surface area contributed by atoms with Crippen LogP contribution in [-0.2, 0) is 41.5 Å². The second-order valence-corrected chi connectivity index (χ2v) is 22.1. The van der Waals surface area contributed by atoms with Gasteiger partial charge in [0.15, 0.2) is 0 Å². The molecule has 0 saturated heterocycles. The van der Waals surface area contributed by atoms with Crippen molar-refractivity contribution < 1.29 is 24.2 Å². The van der Waals surface area contributed by atoms with E-state index >= 15 is 0 Å². The molecule has 0 amide bonds. The van der Waals surface area contributed by atoms with Crippen molar-refractivity contribution in [1.82, 2.24) is 0 Å². The Kier molecular flexibility index (Phi) is 8.52. The molecule has 0 saturated carbocycles. The van der Waals surface area contributed by atoms with Gasteiger partial charge in [0.25, 0.3) is 0 Å². The summed E-state index contributed by atoms with van der Waals surface area (Å²) in [6, 6.07) is 9.81. The van der Waals surface area contributed by atoms with E-state index in [1.165, 1.54) is 64.4 Å². The van der Waals surface area contributed by atoms with Gasteiger partial charge in [-0.3, -0.25) is 12.2 Å². The van der Waals surface area contributed by atoms with Crippen LogP contribution in [0.1, 0.15) is 103 Å². The quantitative estimate of drug-likeness (QED) is 0.187. The predicted molar refractivity (Wildman–Crippen MR) is 176 cm³/mol. The zero-order valence-electron chi connectivity index (χ0n) is 27.2. The third-order valence-corrected chi connectivity index (χ3v) is 10.7. The minimum atomic E-state index is -1.07. The third-order valence-electron chi connectivity index (χ3n) is 8.50. The Morgan fingerprint density at radius 3 is 1.82 bits per heavy atom. The zero-order valence-corrected chi connectivity index (χ0v) is 30.7. The first-order valence-electron chi connectivity index (χ1n) is 14.8. The topological polar surface area (TPSA) is 0 Å². The van der Waals surface area contributed by atoms with Gasteiger partial charge in [0, 0.05) is 5.41 Å². The molecule has 0 nitrogen and oxygen atoms in total. The Labute approximate surface area is 261 Å². The van der Waals surface area contributed by atoms with Gasteiger partial charge in [0.2, 0.25) is 0 Å². The van der Waals surface area contributed by atoms with Gasteiger partial charge in [-0.15, -0.1) is 11.6 Å². The summed E-state index contributed by atoms with van der Waals surface area (Å²) in [6.07, 6.45) is 12.9. The number of allylic oxidation sites excluding steroid dienone is 8. The minimum absolute atomic E-state index is 0.0340. The molecule has 0 spiro atoms. The number of rotatable bonds is 1. The molecule has 1 unspecified atom stereocenters. The van der Waals surface area contributed by atoms with Crippen LogP contribution < -0.4 is 0 Å². The van der Waals surface area contributed by atoms with Crippen LogP contribution in [0.3, 0.4) is 0 Å². The van der Waals surface area contributed by atoms with Crippen LogP contribution in [0, 0.1) is 18.1 Å². The number of benzene rings is 2. The molecule has 6 rings (SSSR count). The molecule has 0 heterocycles. The maximum absolute atomic E-state index is 3.65. The molecule has 4 aliphatic rings. The van der Waals surface area contributed by atoms with Gasteiger partial charge in [-0.1, -0.05) is 97.6 Å². The van der Waals surface area contributed by atoms with Crippen LogP contribution in [0.25, 0.3) is 22.3 Å². The summed E-state index contributed by atoms with van der Waals surface area (Å²) < 4.78 is 1.51. The van der Waals surface area contributed by atoms with E-state index in [0.29, 0.717) is 5.92 Å². The van der Waals surface area contributed by atoms with Gasteiger partial charge in [0.1, 0.15) is 0 Å². The van der Waals surface area contributed by atoms with Crippen LogP contribution in [0.5, 0.6) is 0 Å². The molecule has 0 bridgehead atoms. The Morgan fingerprint density at radius 1 is 0.825 bits per heavy atom. The molecule has 2 heteroatoms. The van der Waals surface area contributed by atoms with E-state index in [1.54, 1.807) is 29.4 Å². The normalized spacial score (nSPS) is 20.4. The maximum atomic E-state index is 3.65. The summed E-state index contributed by atoms with van der Waals surface area (Å²) in [4.78, 5) is 0. The number of hydrogen-bond donors (Lipinski definition) is 0. The number of hydrogen-bond acceptors (Lipinski definition) is 0. The van der Waals surface area contributed by atoms with Crippen molar-refractivity contribution >= 4 is 22.4 Å². The van der Waals surface area contributed by atoms with Crippen molar-refractivity contribution in [3.05, 3.63) is 92.7 Å². The summed E-state index contributed by atoms with van der Waals surface area (Å²) in [5.74, 6) is 0.553. The van der Waals surface area contributed by atoms with Crippen molar-refractivity contribution in [3.63, 3.8) is 0 Å². The average Bonchev–Trinajstić information content (AvgIpc) is 3.46. The van der Waals surface area contributed by atoms with Gasteiger partial charge in [-0.05, 0) is 66.4 Å². The molecule has 2 aromatic rings. The van der Waals surface area contributed by atoms with Crippen molar-refractivity contribution in [1.29, 1.82) is 0 Å². The SMILES string of the molecule is CC1=[C-]C(C)(C)c2cc3c(cc21)-c1cc2c(cc1C3)C(C)(C)C=C2C.CC1=[C-]C(C)C=C1[Si](C)(C)C.C[C](C)=[Zr+2]. The Hall–Kier alpha value is -1.63. The van der Waals surface area contributed by atoms with E-state index in [2.05, 4.69) is 137 Å². The van der Waals surface area contributed by atoms with Gasteiger partial charge in [-0.25, -0.2) is 16.3 Å². The fourth-order valence-corrected chi connectivity index (χ4v) is 8.87. The van der Waals surface area contributed by atoms with Crippen molar-refractivity contribution in [2.45, 2.75) is 106 Å². The molecule has 0 aromatic heterocycles. The third kappa shape index (κ3) is 6.10. The van der Waals surface area contributed by atoms with Crippen molar-refractivity contribution in [3.8, 4) is 11.1 Å². The molecule has 4 aliphatic carbocycles. The fraction of sp³-hybridized carbons (Fsp3) is 0.447. The Bertz CT molecular complexity index is 1420. The molecule has 0 radical (unpaired) electrons. The molecular formula is C38H48SiZr. The molecule has 0 fully saturated rings. The van der Waals surface area contributed by atoms with Crippen LogP contribution >= 0.6 is 0 Å². The van der Waals surface area contributed by atoms with E-state index in [0.717, 1.165) is 6.42 Å². The Balaban J connectivity index is 0.000000206. The van der Waals surface area contributed by atoms with Crippen molar-refractivity contribution in [2.75, 3.05) is 0 Å². The van der Waals surface area contributed by atoms with Crippen LogP contribution in [0.15, 0.2) is 47.2 Å². The summed E-state index contributed by atoms with van der Waals surface area (Å²) >= 11 is 1.55. The first kappa shape index (κ1) is 31.3. The van der Waals surface area contributed by atoms with Gasteiger partial charge in [0.05, 0.1) is 0 Å². The standard InChI is InChI=1S/C25H25.C10H17Si.C3H6.Zr/c1-14-12-24(3,4)22-8-16-7-17-9-23-19(15(2)13-25(23,5)6)11-21(17)20(16)10-18(14)22;1-8-6-9(2)10(7-8)11(3,4)5;1-3-2;/h8-12H,7H2,1-6H3;7-8H,1-5H3;1-2H3;/q2*-1;;+2. The molecule has 2 aromatic carbocycles. The Morgan fingerprint density at radius 2 is 1.35 bits per heavy atom. The summed E-state index contributed by atoms with van der Waals surface area (Å²) in [5, 5.41) is 1.60. The molecule has 1 atom stereocenters. The van der Waals surface area contributed by atoms with E-state index in [-0.39, 0.29) is 10.8 Å². The second-order valence-electron chi connectivity index (χ2n) is 14.6. The van der Waals surface area contributed by atoms with Gasteiger partial charge in [-0.2, -0.15) is 11.6 Å². The molecule has 0 N–H and O–H groups in total. The average molecular weight is 624 g/mol. The summed E-state index contributed by atoms with van der Waals surface area (Å²) in [7, 11) is -1.07. The van der Waals surface area contributed by atoms with Gasteiger partial charge < -0.3 is 0 Å².